The summed E-state index contributed by atoms with van der Waals surface area (Å²) >= 11 is 0. The van der Waals surface area contributed by atoms with Crippen LogP contribution in [0.3, 0.4) is 0 Å². The number of hydrogen-bond acceptors (Lipinski definition) is 4. The largest absolute Gasteiger partial charge is 0.219 e. The first-order valence-corrected chi connectivity index (χ1v) is 3.30. The Balaban J connectivity index is 5.28. The van der Waals surface area contributed by atoms with Crippen LogP contribution in [0.5, 0.6) is 0 Å². The van der Waals surface area contributed by atoms with Gasteiger partial charge in [-0.25, -0.2) is 0 Å². The minimum absolute atomic E-state index is 0.844. The normalized spacial score (nSPS) is 10.2. The van der Waals surface area contributed by atoms with E-state index in [4.69, 9.17) is 21.0 Å². The van der Waals surface area contributed by atoms with Gasteiger partial charge in [-0.15, -0.1) is 0 Å². The third-order valence-electron chi connectivity index (χ3n) is 1.51. The average Bonchev–Trinajstić information content (AvgIpc) is 2.19. The van der Waals surface area contributed by atoms with Crippen LogP contribution in [0.1, 0.15) is 6.92 Å². The molecule has 13 heavy (non-hydrogen) atoms. The molecule has 0 aliphatic carbocycles. The van der Waals surface area contributed by atoms with Gasteiger partial charge in [0, 0.05) is 5.92 Å². The molecule has 0 rings (SSSR count). The highest BCUT2D eigenvalue weighted by Gasteiger charge is 2.35. The summed E-state index contributed by atoms with van der Waals surface area (Å²) < 4.78 is 0. The number of nitriles is 4. The average molecular weight is 168 g/mol. The Bertz CT molecular complexity index is 396. The molecule has 0 saturated carbocycles. The molecule has 1 atom stereocenters. The van der Waals surface area contributed by atoms with Crippen molar-refractivity contribution in [3.63, 3.8) is 0 Å². The van der Waals surface area contributed by atoms with Gasteiger partial charge in [-0.3, -0.25) is 0 Å². The van der Waals surface area contributed by atoms with Crippen molar-refractivity contribution >= 4 is 0 Å². The van der Waals surface area contributed by atoms with E-state index < -0.39 is 11.3 Å². The van der Waals surface area contributed by atoms with E-state index in [1.807, 2.05) is 5.92 Å². The second-order valence-electron chi connectivity index (χ2n) is 2.24. The molecule has 0 radical (unpaired) electrons. The highest BCUT2D eigenvalue weighted by atomic mass is 14.4. The monoisotopic (exact) mass is 168 g/mol. The summed E-state index contributed by atoms with van der Waals surface area (Å²) in [5, 5.41) is 34.0. The lowest BCUT2D eigenvalue weighted by Gasteiger charge is -2.11. The first-order chi connectivity index (χ1) is 6.16. The zero-order chi connectivity index (χ0) is 10.3. The summed E-state index contributed by atoms with van der Waals surface area (Å²) in [7, 11) is 0. The number of hydrogen-bond donors (Lipinski definition) is 0. The minimum atomic E-state index is -1.69. The van der Waals surface area contributed by atoms with Gasteiger partial charge >= 0.3 is 0 Å². The van der Waals surface area contributed by atoms with Crippen molar-refractivity contribution in [1.29, 1.82) is 21.0 Å². The van der Waals surface area contributed by atoms with Crippen molar-refractivity contribution in [3.05, 3.63) is 0 Å². The first-order valence-electron chi connectivity index (χ1n) is 3.30. The second-order valence-corrected chi connectivity index (χ2v) is 2.24. The quantitative estimate of drug-likeness (QED) is 0.538. The molecule has 0 bridgehead atoms. The summed E-state index contributed by atoms with van der Waals surface area (Å²) in [6.45, 7) is 1.42. The van der Waals surface area contributed by atoms with Crippen molar-refractivity contribution in [2.45, 2.75) is 6.92 Å². The molecule has 0 fully saturated rings. The Hall–Kier alpha value is -2.48. The van der Waals surface area contributed by atoms with Crippen molar-refractivity contribution in [1.82, 2.24) is 0 Å². The van der Waals surface area contributed by atoms with E-state index in [0.717, 1.165) is 0 Å². The predicted octanol–water partition coefficient (Wildman–Crippen LogP) is 0.707. The van der Waals surface area contributed by atoms with E-state index >= 15 is 0 Å². The number of rotatable bonds is 1. The summed E-state index contributed by atoms with van der Waals surface area (Å²) in [6, 6.07) is 6.54. The topological polar surface area (TPSA) is 95.2 Å². The van der Waals surface area contributed by atoms with Crippen LogP contribution in [0.4, 0.5) is 0 Å². The second kappa shape index (κ2) is 4.41. The minimum Gasteiger partial charge on any atom is -0.198 e. The lowest BCUT2D eigenvalue weighted by molar-refractivity contribution is 0.536. The van der Waals surface area contributed by atoms with Crippen molar-refractivity contribution in [2.75, 3.05) is 0 Å². The van der Waals surface area contributed by atoms with Gasteiger partial charge in [-0.05, 0) is 12.8 Å². The summed E-state index contributed by atoms with van der Waals surface area (Å²) in [6.07, 6.45) is 0. The predicted molar refractivity (Wildman–Crippen MR) is 41.8 cm³/mol. The molecule has 0 aromatic rings. The van der Waals surface area contributed by atoms with Crippen molar-refractivity contribution in [3.8, 4) is 36.1 Å². The smallest absolute Gasteiger partial charge is 0.198 e. The molecule has 4 heteroatoms. The van der Waals surface area contributed by atoms with Crippen LogP contribution in [0, 0.1) is 68.5 Å². The first kappa shape index (κ1) is 10.5. The molecule has 0 aromatic heterocycles. The lowest BCUT2D eigenvalue weighted by atomic mass is 9.80. The molecule has 0 aliphatic rings. The molecule has 0 heterocycles. The van der Waals surface area contributed by atoms with Crippen molar-refractivity contribution < 1.29 is 0 Å². The standard InChI is InChI=1S/C9H4N4/c1-8(5-11)9(6-12,7-13)3-2-4-10/h8H,1H3. The van der Waals surface area contributed by atoms with E-state index in [2.05, 4.69) is 5.92 Å². The number of nitrogens with zero attached hydrogens (tertiary/aromatic N) is 4. The maximum atomic E-state index is 8.67. The zero-order valence-electron chi connectivity index (χ0n) is 6.87. The van der Waals surface area contributed by atoms with Gasteiger partial charge in [0.1, 0.15) is 0 Å². The fourth-order valence-electron chi connectivity index (χ4n) is 0.606. The Kier molecular flexibility index (Phi) is 3.57. The summed E-state index contributed by atoms with van der Waals surface area (Å²) in [5.74, 6) is 3.30. The Morgan fingerprint density at radius 3 is 1.92 bits per heavy atom. The summed E-state index contributed by atoms with van der Waals surface area (Å²) in [4.78, 5) is 0. The maximum absolute atomic E-state index is 8.67. The molecule has 0 spiro atoms. The summed E-state index contributed by atoms with van der Waals surface area (Å²) in [5.41, 5.74) is -1.69. The van der Waals surface area contributed by atoms with Crippen LogP contribution in [-0.2, 0) is 0 Å². The third kappa shape index (κ3) is 1.97. The zero-order valence-corrected chi connectivity index (χ0v) is 6.87. The van der Waals surface area contributed by atoms with E-state index in [-0.39, 0.29) is 0 Å². The van der Waals surface area contributed by atoms with Gasteiger partial charge in [-0.1, -0.05) is 0 Å². The third-order valence-corrected chi connectivity index (χ3v) is 1.51. The van der Waals surface area contributed by atoms with Gasteiger partial charge in [0.15, 0.2) is 6.07 Å². The lowest BCUT2D eigenvalue weighted by Crippen LogP contribution is -2.22. The molecular weight excluding hydrogens is 164 g/mol. The van der Waals surface area contributed by atoms with Gasteiger partial charge < -0.3 is 0 Å². The van der Waals surface area contributed by atoms with Gasteiger partial charge in [0.05, 0.1) is 24.1 Å². The van der Waals surface area contributed by atoms with Crippen LogP contribution in [0.2, 0.25) is 0 Å². The van der Waals surface area contributed by atoms with Crippen LogP contribution in [0.25, 0.3) is 0 Å². The van der Waals surface area contributed by atoms with E-state index in [9.17, 15) is 0 Å². The highest BCUT2D eigenvalue weighted by Crippen LogP contribution is 2.24. The fraction of sp³-hybridized carbons (Fsp3) is 0.333. The van der Waals surface area contributed by atoms with Crippen LogP contribution < -0.4 is 0 Å². The molecule has 0 aromatic carbocycles. The molecule has 0 saturated heterocycles. The Morgan fingerprint density at radius 1 is 1.08 bits per heavy atom. The van der Waals surface area contributed by atoms with E-state index in [0.29, 0.717) is 0 Å². The van der Waals surface area contributed by atoms with Crippen LogP contribution in [-0.4, -0.2) is 0 Å². The van der Waals surface area contributed by atoms with Gasteiger partial charge in [0.2, 0.25) is 5.41 Å². The SMILES string of the molecule is CC(C#N)C(C#N)(C#N)C#CC#N. The van der Waals surface area contributed by atoms with E-state index in [1.165, 1.54) is 13.0 Å². The van der Waals surface area contributed by atoms with E-state index in [1.54, 1.807) is 18.2 Å². The van der Waals surface area contributed by atoms with Gasteiger partial charge in [0.25, 0.3) is 0 Å². The fourth-order valence-corrected chi connectivity index (χ4v) is 0.606. The Morgan fingerprint density at radius 2 is 1.62 bits per heavy atom. The molecule has 4 nitrogen and oxygen atoms in total. The van der Waals surface area contributed by atoms with Crippen LogP contribution in [0.15, 0.2) is 0 Å². The Labute approximate surface area is 76.2 Å². The molecule has 0 aliphatic heterocycles. The maximum Gasteiger partial charge on any atom is 0.219 e. The van der Waals surface area contributed by atoms with Gasteiger partial charge in [-0.2, -0.15) is 21.0 Å². The molecule has 0 N–H and O–H groups in total. The van der Waals surface area contributed by atoms with Crippen molar-refractivity contribution in [2.24, 2.45) is 11.3 Å². The van der Waals surface area contributed by atoms with Crippen LogP contribution >= 0.6 is 0 Å². The molecular formula is C9H4N4. The molecule has 60 valence electrons. The molecule has 1 unspecified atom stereocenters. The highest BCUT2D eigenvalue weighted by molar-refractivity contribution is 5.37. The molecule has 0 amide bonds.